The van der Waals surface area contributed by atoms with Crippen LogP contribution in [-0.4, -0.2) is 34.6 Å². The number of hydrogen-bond donors (Lipinski definition) is 2. The fourth-order valence-corrected chi connectivity index (χ4v) is 3.79. The zero-order chi connectivity index (χ0) is 21.3. The lowest BCUT2D eigenvalue weighted by Gasteiger charge is -2.29. The number of rotatable bonds is 5. The quantitative estimate of drug-likeness (QED) is 0.731. The van der Waals surface area contributed by atoms with E-state index in [0.29, 0.717) is 18.5 Å². The maximum absolute atomic E-state index is 12.9. The number of hydrogen-bond acceptors (Lipinski definition) is 4. The Hall–Kier alpha value is -3.55. The molecule has 154 valence electrons. The van der Waals surface area contributed by atoms with Crippen molar-refractivity contribution >= 4 is 23.6 Å². The van der Waals surface area contributed by atoms with Crippen molar-refractivity contribution in [3.05, 3.63) is 70.5 Å². The topological polar surface area (TPSA) is 95.6 Å². The largest absolute Gasteiger partial charge is 0.352 e. The second-order valence-electron chi connectivity index (χ2n) is 7.47. The molecular formula is C22H20FN3O4. The van der Waals surface area contributed by atoms with E-state index >= 15 is 0 Å². The minimum absolute atomic E-state index is 0.140. The van der Waals surface area contributed by atoms with Crippen molar-refractivity contribution in [3.63, 3.8) is 0 Å². The Morgan fingerprint density at radius 3 is 2.57 bits per heavy atom. The van der Waals surface area contributed by atoms with Gasteiger partial charge < -0.3 is 10.2 Å². The summed E-state index contributed by atoms with van der Waals surface area (Å²) in [6.45, 7) is 0.567. The summed E-state index contributed by atoms with van der Waals surface area (Å²) in [5.74, 6) is -1.54. The summed E-state index contributed by atoms with van der Waals surface area (Å²) in [4.78, 5) is 49.9. The Morgan fingerprint density at radius 2 is 1.83 bits per heavy atom. The van der Waals surface area contributed by atoms with Gasteiger partial charge in [-0.25, -0.2) is 4.39 Å². The SMILES string of the molecule is O=C(Cc1ccc2c(c1)CN(C1CCC(=O)NC1=O)C2=O)NCc1ccc(F)cc1. The van der Waals surface area contributed by atoms with E-state index in [0.717, 1.165) is 16.7 Å². The molecule has 2 aliphatic rings. The first kappa shape index (κ1) is 19.8. The molecule has 0 aromatic heterocycles. The van der Waals surface area contributed by atoms with Gasteiger partial charge in [-0.05, 0) is 41.3 Å². The smallest absolute Gasteiger partial charge is 0.255 e. The molecule has 1 fully saturated rings. The molecule has 4 amide bonds. The number of carbonyl (C=O) groups excluding carboxylic acids is 4. The van der Waals surface area contributed by atoms with E-state index in [2.05, 4.69) is 10.6 Å². The van der Waals surface area contributed by atoms with E-state index in [1.54, 1.807) is 30.3 Å². The predicted octanol–water partition coefficient (Wildman–Crippen LogP) is 1.45. The zero-order valence-electron chi connectivity index (χ0n) is 16.1. The van der Waals surface area contributed by atoms with Crippen LogP contribution in [0.25, 0.3) is 0 Å². The van der Waals surface area contributed by atoms with Crippen LogP contribution in [0.2, 0.25) is 0 Å². The van der Waals surface area contributed by atoms with Gasteiger partial charge in [-0.2, -0.15) is 0 Å². The molecule has 0 aliphatic carbocycles. The summed E-state index contributed by atoms with van der Waals surface area (Å²) in [5.41, 5.74) is 2.82. The number of benzene rings is 2. The number of carbonyl (C=O) groups is 4. The number of halogens is 1. The Balaban J connectivity index is 1.38. The highest BCUT2D eigenvalue weighted by atomic mass is 19.1. The highest BCUT2D eigenvalue weighted by Crippen LogP contribution is 2.28. The third kappa shape index (κ3) is 4.07. The zero-order valence-corrected chi connectivity index (χ0v) is 16.1. The number of nitrogens with zero attached hydrogens (tertiary/aromatic N) is 1. The van der Waals surface area contributed by atoms with Gasteiger partial charge in [-0.3, -0.25) is 24.5 Å². The molecule has 1 atom stereocenters. The summed E-state index contributed by atoms with van der Waals surface area (Å²) in [5, 5.41) is 5.07. The first-order valence-electron chi connectivity index (χ1n) is 9.68. The lowest BCUT2D eigenvalue weighted by Crippen LogP contribution is -2.52. The molecule has 2 heterocycles. The van der Waals surface area contributed by atoms with Crippen molar-refractivity contribution in [2.45, 2.75) is 38.4 Å². The Kier molecular flexibility index (Phi) is 5.31. The van der Waals surface area contributed by atoms with Crippen LogP contribution < -0.4 is 10.6 Å². The second kappa shape index (κ2) is 8.06. The maximum atomic E-state index is 12.9. The fourth-order valence-electron chi connectivity index (χ4n) is 3.79. The lowest BCUT2D eigenvalue weighted by atomic mass is 10.0. The van der Waals surface area contributed by atoms with Gasteiger partial charge in [0.05, 0.1) is 6.42 Å². The number of imide groups is 1. The van der Waals surface area contributed by atoms with Crippen molar-refractivity contribution in [1.82, 2.24) is 15.5 Å². The van der Waals surface area contributed by atoms with E-state index in [9.17, 15) is 23.6 Å². The van der Waals surface area contributed by atoms with Crippen LogP contribution in [0, 0.1) is 5.82 Å². The van der Waals surface area contributed by atoms with Crippen molar-refractivity contribution in [2.24, 2.45) is 0 Å². The molecule has 2 aliphatic heterocycles. The molecule has 0 bridgehead atoms. The van der Waals surface area contributed by atoms with Crippen LogP contribution in [0.15, 0.2) is 42.5 Å². The summed E-state index contributed by atoms with van der Waals surface area (Å²) < 4.78 is 12.9. The van der Waals surface area contributed by atoms with Crippen LogP contribution in [0.3, 0.4) is 0 Å². The van der Waals surface area contributed by atoms with E-state index in [1.165, 1.54) is 17.0 Å². The van der Waals surface area contributed by atoms with Crippen molar-refractivity contribution in [2.75, 3.05) is 0 Å². The minimum atomic E-state index is -0.662. The first-order chi connectivity index (χ1) is 14.4. The molecule has 2 N–H and O–H groups in total. The first-order valence-corrected chi connectivity index (χ1v) is 9.68. The molecular weight excluding hydrogens is 389 g/mol. The van der Waals surface area contributed by atoms with Gasteiger partial charge in [-0.1, -0.05) is 24.3 Å². The maximum Gasteiger partial charge on any atom is 0.255 e. The summed E-state index contributed by atoms with van der Waals surface area (Å²) in [6, 6.07) is 10.4. The van der Waals surface area contributed by atoms with Crippen LogP contribution >= 0.6 is 0 Å². The third-order valence-electron chi connectivity index (χ3n) is 5.36. The molecule has 0 saturated carbocycles. The van der Waals surface area contributed by atoms with Gasteiger partial charge >= 0.3 is 0 Å². The minimum Gasteiger partial charge on any atom is -0.352 e. The monoisotopic (exact) mass is 409 g/mol. The van der Waals surface area contributed by atoms with Gasteiger partial charge in [0.1, 0.15) is 11.9 Å². The highest BCUT2D eigenvalue weighted by Gasteiger charge is 2.39. The number of amides is 4. The molecule has 1 unspecified atom stereocenters. The van der Waals surface area contributed by atoms with Crippen LogP contribution in [0.5, 0.6) is 0 Å². The van der Waals surface area contributed by atoms with Crippen LogP contribution in [0.4, 0.5) is 4.39 Å². The molecule has 7 nitrogen and oxygen atoms in total. The number of nitrogens with one attached hydrogen (secondary N) is 2. The van der Waals surface area contributed by atoms with Gasteiger partial charge in [0.2, 0.25) is 17.7 Å². The summed E-state index contributed by atoms with van der Waals surface area (Å²) >= 11 is 0. The Labute approximate surface area is 172 Å². The average Bonchev–Trinajstić information content (AvgIpc) is 3.03. The van der Waals surface area contributed by atoms with Gasteiger partial charge in [0.25, 0.3) is 5.91 Å². The summed E-state index contributed by atoms with van der Waals surface area (Å²) in [6.07, 6.45) is 0.653. The summed E-state index contributed by atoms with van der Waals surface area (Å²) in [7, 11) is 0. The predicted molar refractivity (Wildman–Crippen MR) is 104 cm³/mol. The van der Waals surface area contributed by atoms with Crippen LogP contribution in [0.1, 0.15) is 39.9 Å². The molecule has 1 saturated heterocycles. The highest BCUT2D eigenvalue weighted by molar-refractivity contribution is 6.05. The van der Waals surface area contributed by atoms with Crippen molar-refractivity contribution in [1.29, 1.82) is 0 Å². The van der Waals surface area contributed by atoms with E-state index in [4.69, 9.17) is 0 Å². The Morgan fingerprint density at radius 1 is 1.10 bits per heavy atom. The van der Waals surface area contributed by atoms with E-state index in [1.807, 2.05) is 0 Å². The second-order valence-corrected chi connectivity index (χ2v) is 7.47. The molecule has 4 rings (SSSR count). The van der Waals surface area contributed by atoms with Gasteiger partial charge in [0.15, 0.2) is 0 Å². The molecule has 30 heavy (non-hydrogen) atoms. The van der Waals surface area contributed by atoms with Gasteiger partial charge in [0, 0.05) is 25.1 Å². The molecule has 2 aromatic carbocycles. The normalized spacial score (nSPS) is 18.2. The Bertz CT molecular complexity index is 1040. The number of fused-ring (bicyclic) bond motifs is 1. The van der Waals surface area contributed by atoms with Crippen LogP contribution in [-0.2, 0) is 33.9 Å². The average molecular weight is 409 g/mol. The molecule has 2 aromatic rings. The molecule has 0 radical (unpaired) electrons. The lowest BCUT2D eigenvalue weighted by molar-refractivity contribution is -0.137. The molecule has 0 spiro atoms. The standard InChI is InChI=1S/C22H20FN3O4/c23-16-4-1-13(2-5-16)11-24-20(28)10-14-3-6-17-15(9-14)12-26(22(17)30)18-7-8-19(27)25-21(18)29/h1-6,9,18H,7-8,10-12H2,(H,24,28)(H,25,27,29). The van der Waals surface area contributed by atoms with E-state index in [-0.39, 0.29) is 42.9 Å². The van der Waals surface area contributed by atoms with Crippen molar-refractivity contribution < 1.29 is 23.6 Å². The third-order valence-corrected chi connectivity index (χ3v) is 5.36. The number of piperidine rings is 1. The molecule has 8 heteroatoms. The van der Waals surface area contributed by atoms with Crippen molar-refractivity contribution in [3.8, 4) is 0 Å². The van der Waals surface area contributed by atoms with E-state index < -0.39 is 11.9 Å². The van der Waals surface area contributed by atoms with Gasteiger partial charge in [-0.15, -0.1) is 0 Å². The fraction of sp³-hybridized carbons (Fsp3) is 0.273.